The lowest BCUT2D eigenvalue weighted by Crippen LogP contribution is -2.30. The number of rotatable bonds is 1. The lowest BCUT2D eigenvalue weighted by molar-refractivity contribution is 0.0572. The number of amides is 1. The zero-order valence-electron chi connectivity index (χ0n) is 8.38. The fourth-order valence-corrected chi connectivity index (χ4v) is 2.05. The summed E-state index contributed by atoms with van der Waals surface area (Å²) in [6.45, 7) is 0.284. The highest BCUT2D eigenvalue weighted by molar-refractivity contribution is 9.10. The van der Waals surface area contributed by atoms with E-state index in [9.17, 15) is 15.0 Å². The van der Waals surface area contributed by atoms with Crippen LogP contribution in [0.15, 0.2) is 22.8 Å². The highest BCUT2D eigenvalue weighted by Gasteiger charge is 2.33. The van der Waals surface area contributed by atoms with Crippen LogP contribution in [0, 0.1) is 0 Å². The van der Waals surface area contributed by atoms with E-state index in [2.05, 4.69) is 20.9 Å². The minimum Gasteiger partial charge on any atom is -0.388 e. The van der Waals surface area contributed by atoms with Gasteiger partial charge in [-0.1, -0.05) is 0 Å². The van der Waals surface area contributed by atoms with Crippen LogP contribution >= 0.6 is 15.9 Å². The van der Waals surface area contributed by atoms with Crippen LogP contribution in [0.1, 0.15) is 10.5 Å². The van der Waals surface area contributed by atoms with Gasteiger partial charge in [-0.25, -0.2) is 4.98 Å². The Morgan fingerprint density at radius 1 is 1.44 bits per heavy atom. The summed E-state index contributed by atoms with van der Waals surface area (Å²) in [5.41, 5.74) is 0.295. The molecule has 16 heavy (non-hydrogen) atoms. The topological polar surface area (TPSA) is 73.7 Å². The Hall–Kier alpha value is -0.980. The Bertz CT molecular complexity index is 403. The van der Waals surface area contributed by atoms with E-state index in [1.165, 1.54) is 11.1 Å². The first-order chi connectivity index (χ1) is 7.59. The number of likely N-dealkylation sites (tertiary alicyclic amines) is 1. The van der Waals surface area contributed by atoms with Crippen LogP contribution in [0.4, 0.5) is 0 Å². The van der Waals surface area contributed by atoms with E-state index in [4.69, 9.17) is 0 Å². The maximum atomic E-state index is 12.0. The van der Waals surface area contributed by atoms with Gasteiger partial charge in [-0.3, -0.25) is 4.79 Å². The van der Waals surface area contributed by atoms with Crippen LogP contribution in [-0.4, -0.2) is 51.3 Å². The number of carbonyl (C=O) groups excluding carboxylic acids is 1. The number of aliphatic hydroxyl groups excluding tert-OH is 2. The van der Waals surface area contributed by atoms with Gasteiger partial charge in [-0.2, -0.15) is 0 Å². The molecule has 0 saturated carbocycles. The van der Waals surface area contributed by atoms with Crippen molar-refractivity contribution in [1.82, 2.24) is 9.88 Å². The minimum absolute atomic E-state index is 0.142. The molecule has 1 aromatic rings. The molecule has 6 heteroatoms. The van der Waals surface area contributed by atoms with Gasteiger partial charge in [0.25, 0.3) is 5.91 Å². The van der Waals surface area contributed by atoms with Crippen molar-refractivity contribution < 1.29 is 15.0 Å². The second kappa shape index (κ2) is 4.48. The summed E-state index contributed by atoms with van der Waals surface area (Å²) in [5, 5.41) is 18.7. The van der Waals surface area contributed by atoms with Crippen molar-refractivity contribution >= 4 is 21.8 Å². The van der Waals surface area contributed by atoms with Crippen molar-refractivity contribution in [2.75, 3.05) is 13.1 Å². The van der Waals surface area contributed by atoms with E-state index in [-0.39, 0.29) is 19.0 Å². The van der Waals surface area contributed by atoms with Crippen LogP contribution in [-0.2, 0) is 0 Å². The van der Waals surface area contributed by atoms with E-state index in [0.29, 0.717) is 10.2 Å². The van der Waals surface area contributed by atoms with E-state index < -0.39 is 12.2 Å². The maximum absolute atomic E-state index is 12.0. The first kappa shape index (κ1) is 11.5. The molecule has 2 heterocycles. The summed E-state index contributed by atoms with van der Waals surface area (Å²) in [5.74, 6) is -0.289. The number of aromatic nitrogens is 1. The van der Waals surface area contributed by atoms with E-state index >= 15 is 0 Å². The van der Waals surface area contributed by atoms with Gasteiger partial charge >= 0.3 is 0 Å². The third-order valence-electron chi connectivity index (χ3n) is 2.51. The average molecular weight is 287 g/mol. The minimum atomic E-state index is -0.869. The van der Waals surface area contributed by atoms with Crippen LogP contribution in [0.3, 0.4) is 0 Å². The molecule has 2 N–H and O–H groups in total. The average Bonchev–Trinajstić information content (AvgIpc) is 2.59. The second-order valence-corrected chi connectivity index (χ2v) is 4.53. The Morgan fingerprint density at radius 2 is 2.06 bits per heavy atom. The number of nitrogens with zero attached hydrogens (tertiary/aromatic N) is 2. The van der Waals surface area contributed by atoms with Gasteiger partial charge < -0.3 is 15.1 Å². The third-order valence-corrected chi connectivity index (χ3v) is 3.15. The van der Waals surface area contributed by atoms with Crippen molar-refractivity contribution in [2.24, 2.45) is 0 Å². The zero-order chi connectivity index (χ0) is 11.7. The molecule has 1 aliphatic rings. The Labute approximate surface area is 101 Å². The van der Waals surface area contributed by atoms with E-state index in [1.807, 2.05) is 0 Å². The molecule has 1 amide bonds. The fourth-order valence-electron chi connectivity index (χ4n) is 1.63. The molecule has 2 rings (SSSR count). The fraction of sp³-hybridized carbons (Fsp3) is 0.400. The monoisotopic (exact) mass is 286 g/mol. The molecule has 2 atom stereocenters. The molecule has 1 saturated heterocycles. The van der Waals surface area contributed by atoms with Gasteiger partial charge in [0.1, 0.15) is 5.69 Å². The molecular formula is C10H11BrN2O3. The normalized spacial score (nSPS) is 24.8. The quantitative estimate of drug-likeness (QED) is 0.764. The molecular weight excluding hydrogens is 276 g/mol. The summed E-state index contributed by atoms with van der Waals surface area (Å²) in [7, 11) is 0. The van der Waals surface area contributed by atoms with Crippen LogP contribution < -0.4 is 0 Å². The number of hydrogen-bond acceptors (Lipinski definition) is 4. The van der Waals surface area contributed by atoms with Gasteiger partial charge in [-0.15, -0.1) is 0 Å². The molecule has 1 aromatic heterocycles. The van der Waals surface area contributed by atoms with E-state index in [1.54, 1.807) is 12.1 Å². The molecule has 86 valence electrons. The van der Waals surface area contributed by atoms with Gasteiger partial charge in [0, 0.05) is 23.8 Å². The standard InChI is InChI=1S/C10H11BrN2O3/c11-6-2-1-3-12-9(6)10(16)13-4-7(14)8(15)5-13/h1-3,7-8,14-15H,4-5H2/t7-,8+. The molecule has 0 aromatic carbocycles. The summed E-state index contributed by atoms with van der Waals surface area (Å²) >= 11 is 3.24. The molecule has 0 aliphatic carbocycles. The number of pyridine rings is 1. The number of carbonyl (C=O) groups is 1. The van der Waals surface area contributed by atoms with Gasteiger partial charge in [0.05, 0.1) is 12.2 Å². The smallest absolute Gasteiger partial charge is 0.273 e. The van der Waals surface area contributed by atoms with Crippen molar-refractivity contribution in [3.05, 3.63) is 28.5 Å². The molecule has 1 aliphatic heterocycles. The predicted octanol–water partition coefficient (Wildman–Crippen LogP) is 0.0217. The largest absolute Gasteiger partial charge is 0.388 e. The van der Waals surface area contributed by atoms with Gasteiger partial charge in [-0.05, 0) is 28.1 Å². The number of hydrogen-bond donors (Lipinski definition) is 2. The van der Waals surface area contributed by atoms with Crippen molar-refractivity contribution in [3.63, 3.8) is 0 Å². The zero-order valence-corrected chi connectivity index (χ0v) is 9.96. The number of β-amino-alcohol motifs (C(OH)–C–C–N with tert-alkyl or cyclic N) is 2. The first-order valence-electron chi connectivity index (χ1n) is 4.85. The second-order valence-electron chi connectivity index (χ2n) is 3.68. The van der Waals surface area contributed by atoms with Crippen LogP contribution in [0.25, 0.3) is 0 Å². The summed E-state index contributed by atoms with van der Waals surface area (Å²) < 4.78 is 0.607. The Morgan fingerprint density at radius 3 is 2.62 bits per heavy atom. The molecule has 0 bridgehead atoms. The van der Waals surface area contributed by atoms with Crippen molar-refractivity contribution in [2.45, 2.75) is 12.2 Å². The third kappa shape index (κ3) is 2.09. The van der Waals surface area contributed by atoms with Crippen LogP contribution in [0.5, 0.6) is 0 Å². The molecule has 5 nitrogen and oxygen atoms in total. The van der Waals surface area contributed by atoms with Gasteiger partial charge in [0.2, 0.25) is 0 Å². The molecule has 0 radical (unpaired) electrons. The van der Waals surface area contributed by atoms with E-state index in [0.717, 1.165) is 0 Å². The summed E-state index contributed by atoms with van der Waals surface area (Å²) in [6.07, 6.45) is -0.209. The maximum Gasteiger partial charge on any atom is 0.273 e. The molecule has 0 spiro atoms. The Kier molecular flexibility index (Phi) is 3.22. The first-order valence-corrected chi connectivity index (χ1v) is 5.65. The number of aliphatic hydroxyl groups is 2. The lowest BCUT2D eigenvalue weighted by atomic mass is 10.3. The number of halogens is 1. The van der Waals surface area contributed by atoms with Crippen LogP contribution in [0.2, 0.25) is 0 Å². The highest BCUT2D eigenvalue weighted by Crippen LogP contribution is 2.18. The van der Waals surface area contributed by atoms with Gasteiger partial charge in [0.15, 0.2) is 0 Å². The lowest BCUT2D eigenvalue weighted by Gasteiger charge is -2.15. The molecule has 1 fully saturated rings. The summed E-state index contributed by atoms with van der Waals surface area (Å²) in [4.78, 5) is 17.3. The van der Waals surface area contributed by atoms with Crippen molar-refractivity contribution in [1.29, 1.82) is 0 Å². The Balaban J connectivity index is 2.18. The van der Waals surface area contributed by atoms with Crippen molar-refractivity contribution in [3.8, 4) is 0 Å². The molecule has 0 unspecified atom stereocenters. The predicted molar refractivity (Wildman–Crippen MR) is 59.9 cm³/mol. The summed E-state index contributed by atoms with van der Waals surface area (Å²) in [6, 6.07) is 3.44. The highest BCUT2D eigenvalue weighted by atomic mass is 79.9. The SMILES string of the molecule is O=C(c1ncccc1Br)N1C[C@@H](O)[C@@H](O)C1.